The summed E-state index contributed by atoms with van der Waals surface area (Å²) in [6, 6.07) is 15.5. The number of carbonyl (C=O) groups is 3. The second-order valence-corrected chi connectivity index (χ2v) is 16.5. The van der Waals surface area contributed by atoms with Gasteiger partial charge < -0.3 is 24.3 Å². The first-order chi connectivity index (χ1) is 20.0. The van der Waals surface area contributed by atoms with Crippen LogP contribution in [0, 0.1) is 5.92 Å². The van der Waals surface area contributed by atoms with Crippen LogP contribution in [-0.4, -0.2) is 72.0 Å². The quantitative estimate of drug-likeness (QED) is 0.259. The third-order valence-electron chi connectivity index (χ3n) is 9.12. The molecular weight excluding hydrogens is 552 g/mol. The summed E-state index contributed by atoms with van der Waals surface area (Å²) in [5.74, 6) is -0.453. The highest BCUT2D eigenvalue weighted by Gasteiger charge is 2.50. The second-order valence-electron chi connectivity index (χ2n) is 12.5. The lowest BCUT2D eigenvalue weighted by Crippen LogP contribution is -2.54. The summed E-state index contributed by atoms with van der Waals surface area (Å²) in [5, 5.41) is 10.1. The lowest BCUT2D eigenvalue weighted by Gasteiger charge is -2.39. The topological polar surface area (TPSA) is 117 Å². The molecule has 3 aliphatic rings. The first-order valence-corrected chi connectivity index (χ1v) is 17.9. The first-order valence-electron chi connectivity index (χ1n) is 14.9. The van der Waals surface area contributed by atoms with Crippen LogP contribution in [0.2, 0.25) is 18.6 Å². The summed E-state index contributed by atoms with van der Waals surface area (Å²) in [7, 11) is -2.66. The van der Waals surface area contributed by atoms with Gasteiger partial charge in [-0.1, -0.05) is 43.3 Å². The summed E-state index contributed by atoms with van der Waals surface area (Å²) < 4.78 is 11.8. The zero-order valence-electron chi connectivity index (χ0n) is 24.9. The Morgan fingerprint density at radius 3 is 2.36 bits per heavy atom. The third-order valence-corrected chi connectivity index (χ3v) is 11.7. The largest absolute Gasteiger partial charge is 0.441 e. The number of ether oxygens (including phenoxy) is 2. The standard InChI is InChI=1S/C32H42N2O7Si/c1-20-27(14-11-22-9-12-25(13-10-22)34-30(38)17-31(34)40-21(2)36)41-28(32(20)42(3,4)39)16-29(37)33-18-24-8-6-5-7-23(24)15-26(33)19-35/h5-10,12-13,20,26-28,31-32,35,39H,11,14-19H2,1-4H3/t20-,26-,27+,28-,31?,32+/m0/s1. The molecule has 3 aliphatic heterocycles. The Hall–Kier alpha value is -3.05. The molecule has 226 valence electrons. The minimum Gasteiger partial charge on any atom is -0.441 e. The van der Waals surface area contributed by atoms with Crippen molar-refractivity contribution in [2.24, 2.45) is 5.92 Å². The van der Waals surface area contributed by atoms with Crippen LogP contribution < -0.4 is 4.90 Å². The number of hydrogen-bond donors (Lipinski definition) is 2. The molecule has 0 saturated carbocycles. The van der Waals surface area contributed by atoms with Gasteiger partial charge in [-0.05, 0) is 67.1 Å². The number of benzene rings is 2. The Labute approximate surface area is 248 Å². The highest BCUT2D eigenvalue weighted by atomic mass is 28.4. The van der Waals surface area contributed by atoms with Gasteiger partial charge in [-0.15, -0.1) is 0 Å². The van der Waals surface area contributed by atoms with E-state index in [9.17, 15) is 24.3 Å². The fourth-order valence-electron chi connectivity index (χ4n) is 7.05. The van der Waals surface area contributed by atoms with Gasteiger partial charge >= 0.3 is 5.97 Å². The number of anilines is 1. The molecule has 0 spiro atoms. The van der Waals surface area contributed by atoms with Crippen molar-refractivity contribution < 1.29 is 33.8 Å². The van der Waals surface area contributed by atoms with E-state index >= 15 is 0 Å². The number of rotatable bonds is 9. The Morgan fingerprint density at radius 1 is 1.05 bits per heavy atom. The van der Waals surface area contributed by atoms with Crippen LogP contribution in [0.1, 0.15) is 49.8 Å². The molecule has 2 fully saturated rings. The van der Waals surface area contributed by atoms with Crippen molar-refractivity contribution in [2.75, 3.05) is 11.5 Å². The van der Waals surface area contributed by atoms with Crippen LogP contribution in [0.3, 0.4) is 0 Å². The molecule has 10 heteroatoms. The first kappa shape index (κ1) is 30.4. The molecule has 9 nitrogen and oxygen atoms in total. The van der Waals surface area contributed by atoms with Gasteiger partial charge in [0, 0.05) is 24.7 Å². The highest BCUT2D eigenvalue weighted by molar-refractivity contribution is 6.71. The number of aliphatic hydroxyl groups excluding tert-OH is 1. The molecule has 2 saturated heterocycles. The Balaban J connectivity index is 1.23. The van der Waals surface area contributed by atoms with Crippen molar-refractivity contribution in [3.63, 3.8) is 0 Å². The number of carbonyl (C=O) groups excluding carboxylic acids is 3. The molecule has 2 aromatic carbocycles. The van der Waals surface area contributed by atoms with Crippen molar-refractivity contribution in [2.45, 2.75) is 95.6 Å². The number of nitrogens with zero attached hydrogens (tertiary/aromatic N) is 2. The predicted octanol–water partition coefficient (Wildman–Crippen LogP) is 3.55. The second kappa shape index (κ2) is 12.3. The Kier molecular flexibility index (Phi) is 8.89. The normalized spacial score (nSPS) is 27.4. The summed E-state index contributed by atoms with van der Waals surface area (Å²) in [5.41, 5.74) is 3.96. The van der Waals surface area contributed by atoms with Gasteiger partial charge in [0.1, 0.15) is 0 Å². The van der Waals surface area contributed by atoms with E-state index in [1.54, 1.807) is 4.90 Å². The average molecular weight is 595 g/mol. The monoisotopic (exact) mass is 594 g/mol. The fraction of sp³-hybridized carbons (Fsp3) is 0.531. The number of fused-ring (bicyclic) bond motifs is 1. The van der Waals surface area contributed by atoms with E-state index in [-0.39, 0.29) is 61.0 Å². The molecule has 0 aliphatic carbocycles. The van der Waals surface area contributed by atoms with Crippen LogP contribution in [0.5, 0.6) is 0 Å². The maximum Gasteiger partial charge on any atom is 0.304 e. The van der Waals surface area contributed by atoms with E-state index in [2.05, 4.69) is 13.0 Å². The van der Waals surface area contributed by atoms with E-state index in [0.717, 1.165) is 24.0 Å². The van der Waals surface area contributed by atoms with Gasteiger partial charge in [-0.2, -0.15) is 0 Å². The Morgan fingerprint density at radius 2 is 1.74 bits per heavy atom. The summed E-state index contributed by atoms with van der Waals surface area (Å²) >= 11 is 0. The van der Waals surface area contributed by atoms with Crippen molar-refractivity contribution in [1.29, 1.82) is 0 Å². The van der Waals surface area contributed by atoms with Gasteiger partial charge in [-0.25, -0.2) is 0 Å². The van der Waals surface area contributed by atoms with Crippen LogP contribution in [-0.2, 0) is 43.2 Å². The summed E-state index contributed by atoms with van der Waals surface area (Å²) in [6.45, 7) is 7.67. The van der Waals surface area contributed by atoms with E-state index in [1.165, 1.54) is 17.4 Å². The van der Waals surface area contributed by atoms with Gasteiger partial charge in [0.05, 0.1) is 37.7 Å². The minimum atomic E-state index is -2.66. The molecule has 3 heterocycles. The maximum absolute atomic E-state index is 13.6. The number of aryl methyl sites for hydroxylation is 1. The third kappa shape index (κ3) is 6.32. The molecule has 5 rings (SSSR count). The number of β-lactam (4-membered cyclic amide) rings is 1. The van der Waals surface area contributed by atoms with E-state index < -0.39 is 20.5 Å². The smallest absolute Gasteiger partial charge is 0.304 e. The lowest BCUT2D eigenvalue weighted by atomic mass is 9.93. The zero-order valence-corrected chi connectivity index (χ0v) is 25.9. The van der Waals surface area contributed by atoms with Crippen molar-refractivity contribution in [3.8, 4) is 0 Å². The van der Waals surface area contributed by atoms with Crippen LogP contribution >= 0.6 is 0 Å². The van der Waals surface area contributed by atoms with Crippen LogP contribution in [0.15, 0.2) is 48.5 Å². The highest BCUT2D eigenvalue weighted by Crippen LogP contribution is 2.46. The SMILES string of the molecule is CC(=O)OC1CC(=O)N1c1ccc(CC[C@H]2O[C@@H](CC(=O)N3Cc4ccccc4C[C@H]3CO)[C@H]([Si](C)(C)O)[C@H]2C)cc1. The molecule has 6 atom stereocenters. The summed E-state index contributed by atoms with van der Waals surface area (Å²) in [6.07, 6.45) is 1.45. The van der Waals surface area contributed by atoms with Gasteiger partial charge in [0.2, 0.25) is 11.8 Å². The van der Waals surface area contributed by atoms with E-state index in [4.69, 9.17) is 9.47 Å². The molecule has 42 heavy (non-hydrogen) atoms. The van der Waals surface area contributed by atoms with Crippen LogP contribution in [0.25, 0.3) is 0 Å². The van der Waals surface area contributed by atoms with Crippen molar-refractivity contribution in [3.05, 3.63) is 65.2 Å². The molecule has 0 radical (unpaired) electrons. The molecule has 2 N–H and O–H groups in total. The average Bonchev–Trinajstić information content (AvgIpc) is 3.25. The minimum absolute atomic E-state index is 0.0483. The van der Waals surface area contributed by atoms with E-state index in [0.29, 0.717) is 18.7 Å². The number of hydrogen-bond acceptors (Lipinski definition) is 7. The fourth-order valence-corrected chi connectivity index (χ4v) is 9.66. The molecule has 0 aromatic heterocycles. The molecular formula is C32H42N2O7Si. The molecule has 2 amide bonds. The van der Waals surface area contributed by atoms with Gasteiger partial charge in [-0.3, -0.25) is 19.3 Å². The van der Waals surface area contributed by atoms with Gasteiger partial charge in [0.15, 0.2) is 14.5 Å². The van der Waals surface area contributed by atoms with Crippen molar-refractivity contribution >= 4 is 31.8 Å². The number of amides is 2. The molecule has 0 bridgehead atoms. The predicted molar refractivity (Wildman–Crippen MR) is 160 cm³/mol. The van der Waals surface area contributed by atoms with Gasteiger partial charge in [0.25, 0.3) is 0 Å². The van der Waals surface area contributed by atoms with E-state index in [1.807, 2.05) is 55.6 Å². The number of aliphatic hydroxyl groups is 1. The Bertz CT molecular complexity index is 1310. The maximum atomic E-state index is 13.6. The van der Waals surface area contributed by atoms with Crippen LogP contribution in [0.4, 0.5) is 5.69 Å². The molecule has 2 aromatic rings. The lowest BCUT2D eigenvalue weighted by molar-refractivity contribution is -0.154. The zero-order chi connectivity index (χ0) is 30.2. The number of esters is 1. The summed E-state index contributed by atoms with van der Waals surface area (Å²) in [4.78, 5) is 51.6. The van der Waals surface area contributed by atoms with Crippen molar-refractivity contribution in [1.82, 2.24) is 4.90 Å². The molecule has 1 unspecified atom stereocenters.